The van der Waals surface area contributed by atoms with Crippen LogP contribution in [0.4, 0.5) is 5.69 Å². The molecule has 3 N–H and O–H groups in total. The summed E-state index contributed by atoms with van der Waals surface area (Å²) in [7, 11) is 1.62. The number of rotatable bonds is 6. The molecule has 0 radical (unpaired) electrons. The van der Waals surface area contributed by atoms with E-state index in [1.54, 1.807) is 7.05 Å². The van der Waals surface area contributed by atoms with E-state index >= 15 is 0 Å². The molecule has 1 unspecified atom stereocenters. The van der Waals surface area contributed by atoms with Gasteiger partial charge in [-0.3, -0.25) is 19.7 Å². The van der Waals surface area contributed by atoms with Gasteiger partial charge in [0.05, 0.1) is 10.5 Å². The van der Waals surface area contributed by atoms with Gasteiger partial charge in [0, 0.05) is 48.7 Å². The number of aromatic amines is 1. The zero-order chi connectivity index (χ0) is 18.7. The average molecular weight is 346 g/mol. The van der Waals surface area contributed by atoms with Crippen LogP contribution in [0.2, 0.25) is 0 Å². The molecule has 1 heterocycles. The Balaban J connectivity index is 2.37. The lowest BCUT2D eigenvalue weighted by molar-refractivity contribution is -0.384. The van der Waals surface area contributed by atoms with E-state index in [-0.39, 0.29) is 23.2 Å². The fourth-order valence-electron chi connectivity index (χ4n) is 2.52. The van der Waals surface area contributed by atoms with Gasteiger partial charge in [0.15, 0.2) is 0 Å². The van der Waals surface area contributed by atoms with Crippen molar-refractivity contribution in [1.82, 2.24) is 9.88 Å². The Morgan fingerprint density at radius 2 is 2.04 bits per heavy atom. The van der Waals surface area contributed by atoms with Gasteiger partial charge in [-0.15, -0.1) is 0 Å². The fourth-order valence-corrected chi connectivity index (χ4v) is 2.52. The zero-order valence-corrected chi connectivity index (χ0v) is 14.5. The maximum Gasteiger partial charge on any atom is 0.270 e. The number of H-pyrrole nitrogens is 1. The highest BCUT2D eigenvalue weighted by molar-refractivity contribution is 6.06. The highest BCUT2D eigenvalue weighted by atomic mass is 16.6. The number of hydrogen-bond donors (Lipinski definition) is 2. The van der Waals surface area contributed by atoms with Crippen LogP contribution in [-0.4, -0.2) is 40.3 Å². The number of benzene rings is 1. The molecule has 0 aliphatic rings. The third-order valence-corrected chi connectivity index (χ3v) is 4.27. The number of aromatic nitrogens is 1. The molecule has 1 atom stereocenters. The van der Waals surface area contributed by atoms with E-state index in [2.05, 4.69) is 4.98 Å². The first-order valence-corrected chi connectivity index (χ1v) is 8.03. The predicted octanol–water partition coefficient (Wildman–Crippen LogP) is 1.88. The number of carbonyl (C=O) groups is 1. The van der Waals surface area contributed by atoms with Crippen molar-refractivity contribution in [3.8, 4) is 0 Å². The normalized spacial score (nSPS) is 12.4. The number of nitrogens with two attached hydrogens (primary N) is 1. The van der Waals surface area contributed by atoms with Crippen molar-refractivity contribution in [2.24, 2.45) is 11.7 Å². The minimum absolute atomic E-state index is 0.0349. The molecule has 0 bridgehead atoms. The Labute approximate surface area is 144 Å². The van der Waals surface area contributed by atoms with Crippen LogP contribution >= 0.6 is 0 Å². The van der Waals surface area contributed by atoms with Crippen LogP contribution in [0, 0.1) is 16.0 Å². The molecule has 0 aliphatic carbocycles. The van der Waals surface area contributed by atoms with Gasteiger partial charge < -0.3 is 15.6 Å². The largest absolute Gasteiger partial charge is 0.342 e. The number of hydrogen-bond acceptors (Lipinski definition) is 5. The Morgan fingerprint density at radius 3 is 2.64 bits per heavy atom. The van der Waals surface area contributed by atoms with E-state index in [0.717, 1.165) is 0 Å². The van der Waals surface area contributed by atoms with Crippen molar-refractivity contribution in [2.75, 3.05) is 13.6 Å². The standard InChI is InChI=1S/C17H22N4O4/c1-10(2)14(18)6-7-20(3)17(23)13-9-16(22)19-15-5-4-11(21(24)25)8-12(13)15/h4-5,8-10,14H,6-7,18H2,1-3H3,(H,19,22). The number of nitro benzene ring substituents is 1. The molecule has 0 spiro atoms. The SMILES string of the molecule is CC(C)C(N)CCN(C)C(=O)c1cc(=O)[nH]c2ccc([N+](=O)[O-])cc12. The molecule has 1 aromatic heterocycles. The lowest BCUT2D eigenvalue weighted by Crippen LogP contribution is -2.35. The molecule has 1 aromatic carbocycles. The van der Waals surface area contributed by atoms with Crippen molar-refractivity contribution >= 4 is 22.5 Å². The maximum absolute atomic E-state index is 12.7. The van der Waals surface area contributed by atoms with Gasteiger partial charge in [-0.1, -0.05) is 13.8 Å². The van der Waals surface area contributed by atoms with Crippen LogP contribution in [0.3, 0.4) is 0 Å². The van der Waals surface area contributed by atoms with Crippen LogP contribution in [0.15, 0.2) is 29.1 Å². The number of non-ortho nitro benzene ring substituents is 1. The van der Waals surface area contributed by atoms with Gasteiger partial charge >= 0.3 is 0 Å². The van der Waals surface area contributed by atoms with Crippen LogP contribution in [-0.2, 0) is 0 Å². The molecule has 1 amide bonds. The molecule has 8 heteroatoms. The molecule has 0 saturated carbocycles. The van der Waals surface area contributed by atoms with Crippen molar-refractivity contribution in [2.45, 2.75) is 26.3 Å². The lowest BCUT2D eigenvalue weighted by Gasteiger charge is -2.22. The smallest absolute Gasteiger partial charge is 0.270 e. The second-order valence-electron chi connectivity index (χ2n) is 6.46. The van der Waals surface area contributed by atoms with E-state index in [9.17, 15) is 19.7 Å². The fraction of sp³-hybridized carbons (Fsp3) is 0.412. The number of nitro groups is 1. The van der Waals surface area contributed by atoms with Crippen molar-refractivity contribution in [1.29, 1.82) is 0 Å². The van der Waals surface area contributed by atoms with Gasteiger partial charge in [0.2, 0.25) is 5.56 Å². The number of pyridine rings is 1. The summed E-state index contributed by atoms with van der Waals surface area (Å²) in [6.45, 7) is 4.45. The molecule has 0 aliphatic heterocycles. The quantitative estimate of drug-likeness (QED) is 0.611. The van der Waals surface area contributed by atoms with Crippen molar-refractivity contribution < 1.29 is 9.72 Å². The van der Waals surface area contributed by atoms with E-state index in [4.69, 9.17) is 5.73 Å². The van der Waals surface area contributed by atoms with Gasteiger partial charge in [-0.25, -0.2) is 0 Å². The summed E-state index contributed by atoms with van der Waals surface area (Å²) >= 11 is 0. The number of fused-ring (bicyclic) bond motifs is 1. The minimum atomic E-state index is -0.538. The topological polar surface area (TPSA) is 122 Å². The molecular weight excluding hydrogens is 324 g/mol. The molecule has 2 aromatic rings. The first-order valence-electron chi connectivity index (χ1n) is 8.03. The zero-order valence-electron chi connectivity index (χ0n) is 14.5. The van der Waals surface area contributed by atoms with Crippen LogP contribution in [0.5, 0.6) is 0 Å². The summed E-state index contributed by atoms with van der Waals surface area (Å²) in [4.78, 5) is 39.1. The Kier molecular flexibility index (Phi) is 5.53. The molecule has 8 nitrogen and oxygen atoms in total. The third-order valence-electron chi connectivity index (χ3n) is 4.27. The number of amides is 1. The van der Waals surface area contributed by atoms with E-state index < -0.39 is 10.5 Å². The first kappa shape index (κ1) is 18.6. The second kappa shape index (κ2) is 7.43. The molecule has 0 saturated heterocycles. The van der Waals surface area contributed by atoms with E-state index in [1.165, 1.54) is 29.2 Å². The third kappa shape index (κ3) is 4.21. The maximum atomic E-state index is 12.7. The number of nitrogens with zero attached hydrogens (tertiary/aromatic N) is 2. The van der Waals surface area contributed by atoms with Crippen LogP contribution in [0.1, 0.15) is 30.6 Å². The Hall–Kier alpha value is -2.74. The Morgan fingerprint density at radius 1 is 1.36 bits per heavy atom. The van der Waals surface area contributed by atoms with E-state index in [1.807, 2.05) is 13.8 Å². The molecular formula is C17H22N4O4. The van der Waals surface area contributed by atoms with Gasteiger partial charge in [-0.05, 0) is 18.4 Å². The predicted molar refractivity (Wildman–Crippen MR) is 95.6 cm³/mol. The molecule has 25 heavy (non-hydrogen) atoms. The summed E-state index contributed by atoms with van der Waals surface area (Å²) in [5.74, 6) is -0.0703. The van der Waals surface area contributed by atoms with Gasteiger partial charge in [0.25, 0.3) is 11.6 Å². The summed E-state index contributed by atoms with van der Waals surface area (Å²) in [5.41, 5.74) is 5.95. The average Bonchev–Trinajstić information content (AvgIpc) is 2.57. The summed E-state index contributed by atoms with van der Waals surface area (Å²) in [6.07, 6.45) is 0.626. The Bertz CT molecular complexity index is 859. The number of nitrogens with one attached hydrogen (secondary N) is 1. The van der Waals surface area contributed by atoms with Gasteiger partial charge in [0.1, 0.15) is 0 Å². The van der Waals surface area contributed by atoms with Crippen molar-refractivity contribution in [3.05, 3.63) is 50.3 Å². The monoisotopic (exact) mass is 346 g/mol. The number of carbonyl (C=O) groups excluding carboxylic acids is 1. The molecule has 0 fully saturated rings. The highest BCUT2D eigenvalue weighted by Crippen LogP contribution is 2.22. The first-order chi connectivity index (χ1) is 11.7. The van der Waals surface area contributed by atoms with Gasteiger partial charge in [-0.2, -0.15) is 0 Å². The molecule has 134 valence electrons. The summed E-state index contributed by atoms with van der Waals surface area (Å²) in [5, 5.41) is 11.3. The summed E-state index contributed by atoms with van der Waals surface area (Å²) in [6, 6.07) is 5.16. The lowest BCUT2D eigenvalue weighted by atomic mass is 10.0. The van der Waals surface area contributed by atoms with Crippen LogP contribution < -0.4 is 11.3 Å². The van der Waals surface area contributed by atoms with E-state index in [0.29, 0.717) is 29.8 Å². The minimum Gasteiger partial charge on any atom is -0.342 e. The van der Waals surface area contributed by atoms with Crippen LogP contribution in [0.25, 0.3) is 10.9 Å². The highest BCUT2D eigenvalue weighted by Gasteiger charge is 2.19. The summed E-state index contributed by atoms with van der Waals surface area (Å²) < 4.78 is 0. The molecule has 2 rings (SSSR count). The van der Waals surface area contributed by atoms with Crippen molar-refractivity contribution in [3.63, 3.8) is 0 Å². The second-order valence-corrected chi connectivity index (χ2v) is 6.46.